The molecule has 0 fully saturated rings. The topological polar surface area (TPSA) is 82.8 Å². The molecule has 0 aliphatic carbocycles. The molecule has 36 heavy (non-hydrogen) atoms. The molecule has 0 N–H and O–H groups in total. The smallest absolute Gasteiger partial charge is 0.226 e. The first kappa shape index (κ1) is 25.5. The van der Waals surface area contributed by atoms with Crippen LogP contribution in [0.3, 0.4) is 0 Å². The van der Waals surface area contributed by atoms with Crippen molar-refractivity contribution in [1.82, 2.24) is 19.9 Å². The molecule has 190 valence electrons. The van der Waals surface area contributed by atoms with E-state index in [1.165, 1.54) is 12.1 Å². The summed E-state index contributed by atoms with van der Waals surface area (Å²) in [5.74, 6) is 0.571. The lowest BCUT2D eigenvalue weighted by Crippen LogP contribution is -2.37. The number of carbonyl (C=O) groups is 2. The van der Waals surface area contributed by atoms with E-state index in [2.05, 4.69) is 15.0 Å². The molecule has 0 radical (unpaired) electrons. The second kappa shape index (κ2) is 11.9. The van der Waals surface area contributed by atoms with Crippen LogP contribution >= 0.6 is 0 Å². The van der Waals surface area contributed by atoms with Crippen LogP contribution in [0.5, 0.6) is 0 Å². The predicted octanol–water partition coefficient (Wildman–Crippen LogP) is 3.92. The van der Waals surface area contributed by atoms with Gasteiger partial charge in [-0.3, -0.25) is 9.59 Å². The van der Waals surface area contributed by atoms with E-state index in [-0.39, 0.29) is 17.6 Å². The number of aromatic nitrogens is 2. The number of hydrogen-bond donors (Lipinski definition) is 0. The van der Waals surface area contributed by atoms with E-state index in [0.29, 0.717) is 56.2 Å². The predicted molar refractivity (Wildman–Crippen MR) is 135 cm³/mol. The summed E-state index contributed by atoms with van der Waals surface area (Å²) in [4.78, 5) is 35.9. The number of halogens is 1. The first-order valence-electron chi connectivity index (χ1n) is 12.3. The fourth-order valence-corrected chi connectivity index (χ4v) is 4.38. The molecule has 9 heteroatoms. The lowest BCUT2D eigenvalue weighted by atomic mass is 10.1. The monoisotopic (exact) mass is 493 g/mol. The van der Waals surface area contributed by atoms with Crippen LogP contribution in [0.4, 0.5) is 10.1 Å². The van der Waals surface area contributed by atoms with Crippen LogP contribution in [-0.4, -0.2) is 65.0 Å². The Morgan fingerprint density at radius 2 is 1.81 bits per heavy atom. The van der Waals surface area contributed by atoms with Gasteiger partial charge in [0.25, 0.3) is 0 Å². The maximum Gasteiger partial charge on any atom is 0.226 e. The summed E-state index contributed by atoms with van der Waals surface area (Å²) in [7, 11) is 2.04. The fourth-order valence-electron chi connectivity index (χ4n) is 4.38. The van der Waals surface area contributed by atoms with Gasteiger partial charge in [0, 0.05) is 57.2 Å². The third kappa shape index (κ3) is 6.54. The lowest BCUT2D eigenvalue weighted by molar-refractivity contribution is -0.132. The highest BCUT2D eigenvalue weighted by molar-refractivity contribution is 5.92. The van der Waals surface area contributed by atoms with E-state index < -0.39 is 0 Å². The molecule has 1 aromatic heterocycles. The Hall–Kier alpha value is -3.59. The summed E-state index contributed by atoms with van der Waals surface area (Å²) in [5.41, 5.74) is 2.51. The number of anilines is 1. The van der Waals surface area contributed by atoms with Crippen molar-refractivity contribution >= 4 is 17.5 Å². The average molecular weight is 494 g/mol. The van der Waals surface area contributed by atoms with Crippen LogP contribution in [0.25, 0.3) is 11.4 Å². The molecular formula is C27H32FN5O3. The second-order valence-corrected chi connectivity index (χ2v) is 9.14. The molecule has 0 saturated carbocycles. The molecule has 0 bridgehead atoms. The Morgan fingerprint density at radius 1 is 1.03 bits per heavy atom. The Bertz CT molecular complexity index is 1180. The number of amides is 2. The summed E-state index contributed by atoms with van der Waals surface area (Å²) in [5, 5.41) is 3.97. The van der Waals surface area contributed by atoms with Gasteiger partial charge >= 0.3 is 0 Å². The quantitative estimate of drug-likeness (QED) is 0.536. The number of aryl methyl sites for hydroxylation is 1. The summed E-state index contributed by atoms with van der Waals surface area (Å²) >= 11 is 0. The van der Waals surface area contributed by atoms with Gasteiger partial charge in [0.2, 0.25) is 23.5 Å². The van der Waals surface area contributed by atoms with E-state index in [4.69, 9.17) is 4.52 Å². The zero-order valence-electron chi connectivity index (χ0n) is 20.8. The third-order valence-electron chi connectivity index (χ3n) is 6.40. The van der Waals surface area contributed by atoms with Gasteiger partial charge in [0.05, 0.1) is 0 Å². The molecule has 1 aliphatic rings. The first-order valence-corrected chi connectivity index (χ1v) is 12.3. The molecule has 4 rings (SSSR count). The maximum absolute atomic E-state index is 13.3. The number of carbonyl (C=O) groups excluding carboxylic acids is 2. The largest absolute Gasteiger partial charge is 0.339 e. The lowest BCUT2D eigenvalue weighted by Gasteiger charge is -2.27. The molecule has 2 aromatic carbocycles. The highest BCUT2D eigenvalue weighted by Crippen LogP contribution is 2.24. The van der Waals surface area contributed by atoms with Crippen molar-refractivity contribution in [1.29, 1.82) is 0 Å². The Kier molecular flexibility index (Phi) is 8.43. The van der Waals surface area contributed by atoms with Crippen molar-refractivity contribution in [3.8, 4) is 11.4 Å². The fraction of sp³-hybridized carbons (Fsp3) is 0.407. The van der Waals surface area contributed by atoms with Crippen LogP contribution in [0.1, 0.15) is 37.6 Å². The molecule has 2 heterocycles. The maximum atomic E-state index is 13.3. The molecule has 0 saturated heterocycles. The average Bonchev–Trinajstić information content (AvgIpc) is 3.32. The highest BCUT2D eigenvalue weighted by Gasteiger charge is 2.21. The minimum absolute atomic E-state index is 0.00166. The molecular weight excluding hydrogens is 461 g/mol. The van der Waals surface area contributed by atoms with Crippen molar-refractivity contribution < 1.29 is 18.5 Å². The van der Waals surface area contributed by atoms with Crippen molar-refractivity contribution in [3.63, 3.8) is 0 Å². The summed E-state index contributed by atoms with van der Waals surface area (Å²) in [6.45, 7) is 4.90. The van der Waals surface area contributed by atoms with Crippen molar-refractivity contribution in [2.24, 2.45) is 0 Å². The zero-order chi connectivity index (χ0) is 25.5. The molecule has 2 amide bonds. The van der Waals surface area contributed by atoms with E-state index in [0.717, 1.165) is 30.8 Å². The van der Waals surface area contributed by atoms with Gasteiger partial charge in [0.1, 0.15) is 5.82 Å². The number of rotatable bonds is 5. The summed E-state index contributed by atoms with van der Waals surface area (Å²) in [6.07, 6.45) is 2.25. The SMILES string of the molecule is CC(=O)N1CCCN(C)CCN(C(=O)CCCc2nc(-c3ccc(F)cc3)no2)Cc2ccccc21. The Morgan fingerprint density at radius 3 is 2.58 bits per heavy atom. The Balaban J connectivity index is 1.42. The number of benzene rings is 2. The van der Waals surface area contributed by atoms with Crippen LogP contribution in [-0.2, 0) is 22.6 Å². The first-order chi connectivity index (χ1) is 17.4. The number of fused-ring (bicyclic) bond motifs is 1. The molecule has 1 aliphatic heterocycles. The normalized spacial score (nSPS) is 15.3. The number of nitrogens with zero attached hydrogens (tertiary/aromatic N) is 5. The molecule has 3 aromatic rings. The second-order valence-electron chi connectivity index (χ2n) is 9.14. The summed E-state index contributed by atoms with van der Waals surface area (Å²) in [6, 6.07) is 13.7. The molecule has 0 unspecified atom stereocenters. The number of para-hydroxylation sites is 1. The van der Waals surface area contributed by atoms with Gasteiger partial charge in [-0.15, -0.1) is 0 Å². The van der Waals surface area contributed by atoms with Gasteiger partial charge in [-0.05, 0) is 62.3 Å². The Labute approximate surface area is 210 Å². The van der Waals surface area contributed by atoms with Crippen LogP contribution in [0.15, 0.2) is 53.1 Å². The highest BCUT2D eigenvalue weighted by atomic mass is 19.1. The van der Waals surface area contributed by atoms with Crippen LogP contribution in [0.2, 0.25) is 0 Å². The van der Waals surface area contributed by atoms with E-state index in [1.54, 1.807) is 19.1 Å². The zero-order valence-corrected chi connectivity index (χ0v) is 20.8. The summed E-state index contributed by atoms with van der Waals surface area (Å²) < 4.78 is 18.5. The van der Waals surface area contributed by atoms with Crippen LogP contribution in [0, 0.1) is 5.82 Å². The molecule has 0 spiro atoms. The van der Waals surface area contributed by atoms with E-state index >= 15 is 0 Å². The van der Waals surface area contributed by atoms with Gasteiger partial charge in [-0.2, -0.15) is 4.98 Å². The third-order valence-corrected chi connectivity index (χ3v) is 6.40. The van der Waals surface area contributed by atoms with E-state index in [9.17, 15) is 14.0 Å². The molecule has 0 atom stereocenters. The number of likely N-dealkylation sites (N-methyl/N-ethyl adjacent to an activating group) is 1. The van der Waals surface area contributed by atoms with Gasteiger partial charge < -0.3 is 19.2 Å². The minimum Gasteiger partial charge on any atom is -0.339 e. The van der Waals surface area contributed by atoms with E-state index in [1.807, 2.05) is 41.1 Å². The van der Waals surface area contributed by atoms with Gasteiger partial charge in [-0.25, -0.2) is 4.39 Å². The van der Waals surface area contributed by atoms with Crippen molar-refractivity contribution in [2.75, 3.05) is 38.1 Å². The van der Waals surface area contributed by atoms with Crippen molar-refractivity contribution in [3.05, 3.63) is 65.8 Å². The minimum atomic E-state index is -0.324. The molecule has 8 nitrogen and oxygen atoms in total. The van der Waals surface area contributed by atoms with Crippen molar-refractivity contribution in [2.45, 2.75) is 39.2 Å². The van der Waals surface area contributed by atoms with Crippen LogP contribution < -0.4 is 4.90 Å². The number of hydrogen-bond acceptors (Lipinski definition) is 6. The van der Waals surface area contributed by atoms with Gasteiger partial charge in [-0.1, -0.05) is 23.4 Å². The van der Waals surface area contributed by atoms with Gasteiger partial charge in [0.15, 0.2) is 0 Å². The standard InChI is InChI=1S/C27H32FN5O3/c1-20(34)33-16-6-15-31(2)17-18-32(19-22-7-3-4-8-24(22)33)26(35)10-5-9-25-29-27(30-36-25)21-11-13-23(28)14-12-21/h3-4,7-8,11-14H,5-6,9-10,15-19H2,1-2H3.